The molecule has 1 aliphatic heterocycles. The van der Waals surface area contributed by atoms with E-state index in [0.29, 0.717) is 0 Å². The summed E-state index contributed by atoms with van der Waals surface area (Å²) >= 11 is 0. The van der Waals surface area contributed by atoms with E-state index in [9.17, 15) is 0 Å². The average Bonchev–Trinajstić information content (AvgIpc) is 2.43. The van der Waals surface area contributed by atoms with Gasteiger partial charge >= 0.3 is 0 Å². The van der Waals surface area contributed by atoms with Crippen molar-refractivity contribution in [3.05, 3.63) is 29.3 Å². The van der Waals surface area contributed by atoms with Crippen molar-refractivity contribution in [2.75, 3.05) is 32.8 Å². The molecule has 0 bridgehead atoms. The summed E-state index contributed by atoms with van der Waals surface area (Å²) in [6.45, 7) is 9.48. The van der Waals surface area contributed by atoms with Gasteiger partial charge in [0.15, 0.2) is 0 Å². The summed E-state index contributed by atoms with van der Waals surface area (Å²) in [6, 6.07) is 6.41. The third kappa shape index (κ3) is 5.68. The SMILES string of the molecule is Cc1cc(C)cc(OCCCN2CCCC(CCN)C2)c1. The Morgan fingerprint density at radius 3 is 2.71 bits per heavy atom. The van der Waals surface area contributed by atoms with Crippen LogP contribution in [0.15, 0.2) is 18.2 Å². The van der Waals surface area contributed by atoms with Gasteiger partial charge in [0.1, 0.15) is 5.75 Å². The fraction of sp³-hybridized carbons (Fsp3) is 0.667. The molecule has 1 atom stereocenters. The van der Waals surface area contributed by atoms with Crippen molar-refractivity contribution in [2.45, 2.75) is 39.5 Å². The molecule has 0 aliphatic carbocycles. The molecule has 1 unspecified atom stereocenters. The van der Waals surface area contributed by atoms with Gasteiger partial charge in [-0.15, -0.1) is 0 Å². The predicted molar refractivity (Wildman–Crippen MR) is 88.9 cm³/mol. The van der Waals surface area contributed by atoms with Crippen molar-refractivity contribution in [1.82, 2.24) is 4.90 Å². The number of hydrogen-bond acceptors (Lipinski definition) is 3. The Balaban J connectivity index is 1.67. The van der Waals surface area contributed by atoms with Crippen molar-refractivity contribution < 1.29 is 4.74 Å². The first kappa shape index (κ1) is 16.3. The minimum atomic E-state index is 0.806. The lowest BCUT2D eigenvalue weighted by molar-refractivity contribution is 0.158. The van der Waals surface area contributed by atoms with Crippen LogP contribution in [0.25, 0.3) is 0 Å². The highest BCUT2D eigenvalue weighted by Crippen LogP contribution is 2.19. The molecule has 1 heterocycles. The first-order chi connectivity index (χ1) is 10.2. The fourth-order valence-electron chi connectivity index (χ4n) is 3.32. The zero-order chi connectivity index (χ0) is 15.1. The van der Waals surface area contributed by atoms with Crippen LogP contribution < -0.4 is 10.5 Å². The van der Waals surface area contributed by atoms with Crippen LogP contribution in [0, 0.1) is 19.8 Å². The molecule has 3 heteroatoms. The minimum Gasteiger partial charge on any atom is -0.494 e. The molecule has 1 aromatic rings. The maximum Gasteiger partial charge on any atom is 0.119 e. The van der Waals surface area contributed by atoms with Crippen LogP contribution in [0.4, 0.5) is 0 Å². The third-order valence-corrected chi connectivity index (χ3v) is 4.26. The molecule has 2 N–H and O–H groups in total. The highest BCUT2D eigenvalue weighted by atomic mass is 16.5. The van der Waals surface area contributed by atoms with Gasteiger partial charge < -0.3 is 15.4 Å². The van der Waals surface area contributed by atoms with Crippen molar-refractivity contribution in [1.29, 1.82) is 0 Å². The molecular weight excluding hydrogens is 260 g/mol. The summed E-state index contributed by atoms with van der Waals surface area (Å²) in [7, 11) is 0. The van der Waals surface area contributed by atoms with Crippen LogP contribution in [-0.2, 0) is 0 Å². The number of likely N-dealkylation sites (tertiary alicyclic amines) is 1. The Morgan fingerprint density at radius 2 is 2.00 bits per heavy atom. The Morgan fingerprint density at radius 1 is 1.24 bits per heavy atom. The van der Waals surface area contributed by atoms with E-state index in [-0.39, 0.29) is 0 Å². The predicted octanol–water partition coefficient (Wildman–Crippen LogP) is 3.13. The molecule has 1 aliphatic rings. The number of hydrogen-bond donors (Lipinski definition) is 1. The number of nitrogens with two attached hydrogens (primary N) is 1. The zero-order valence-corrected chi connectivity index (χ0v) is 13.6. The quantitative estimate of drug-likeness (QED) is 0.784. The molecular formula is C18H30N2O. The number of rotatable bonds is 7. The minimum absolute atomic E-state index is 0.806. The van der Waals surface area contributed by atoms with Crippen LogP contribution in [0.2, 0.25) is 0 Å². The molecule has 0 amide bonds. The molecule has 1 fully saturated rings. The fourth-order valence-corrected chi connectivity index (χ4v) is 3.32. The van der Waals surface area contributed by atoms with Gasteiger partial charge in [0.25, 0.3) is 0 Å². The molecule has 0 saturated carbocycles. The van der Waals surface area contributed by atoms with Gasteiger partial charge in [-0.05, 0) is 81.8 Å². The number of benzene rings is 1. The van der Waals surface area contributed by atoms with Gasteiger partial charge in [0.2, 0.25) is 0 Å². The summed E-state index contributed by atoms with van der Waals surface area (Å²) in [5, 5.41) is 0. The molecule has 0 spiro atoms. The van der Waals surface area contributed by atoms with E-state index < -0.39 is 0 Å². The number of ether oxygens (including phenoxy) is 1. The number of nitrogens with zero attached hydrogens (tertiary/aromatic N) is 1. The van der Waals surface area contributed by atoms with Crippen molar-refractivity contribution in [3.8, 4) is 5.75 Å². The first-order valence-electron chi connectivity index (χ1n) is 8.31. The molecule has 21 heavy (non-hydrogen) atoms. The van der Waals surface area contributed by atoms with Gasteiger partial charge in [0.05, 0.1) is 6.61 Å². The van der Waals surface area contributed by atoms with E-state index in [1.165, 1.54) is 43.5 Å². The second-order valence-electron chi connectivity index (χ2n) is 6.41. The average molecular weight is 290 g/mol. The standard InChI is InChI=1S/C18H30N2O/c1-15-11-16(2)13-18(12-15)21-10-4-9-20-8-3-5-17(14-20)6-7-19/h11-13,17H,3-10,14,19H2,1-2H3. The van der Waals surface area contributed by atoms with E-state index in [0.717, 1.165) is 37.8 Å². The summed E-state index contributed by atoms with van der Waals surface area (Å²) < 4.78 is 5.89. The molecule has 118 valence electrons. The van der Waals surface area contributed by atoms with Crippen molar-refractivity contribution in [3.63, 3.8) is 0 Å². The second kappa shape index (κ2) is 8.40. The first-order valence-corrected chi connectivity index (χ1v) is 8.31. The van der Waals surface area contributed by atoms with Crippen LogP contribution in [0.3, 0.4) is 0 Å². The number of aryl methyl sites for hydroxylation is 2. The molecule has 1 saturated heterocycles. The van der Waals surface area contributed by atoms with E-state index in [2.05, 4.69) is 36.9 Å². The summed E-state index contributed by atoms with van der Waals surface area (Å²) in [4.78, 5) is 2.58. The van der Waals surface area contributed by atoms with Crippen molar-refractivity contribution in [2.24, 2.45) is 11.7 Å². The Labute approximate surface area is 129 Å². The lowest BCUT2D eigenvalue weighted by atomic mass is 9.95. The normalized spacial score (nSPS) is 19.7. The van der Waals surface area contributed by atoms with Crippen LogP contribution >= 0.6 is 0 Å². The van der Waals surface area contributed by atoms with Crippen molar-refractivity contribution >= 4 is 0 Å². The van der Waals surface area contributed by atoms with Gasteiger partial charge in [0, 0.05) is 13.1 Å². The Hall–Kier alpha value is -1.06. The molecule has 0 aromatic heterocycles. The number of piperidine rings is 1. The third-order valence-electron chi connectivity index (χ3n) is 4.26. The second-order valence-corrected chi connectivity index (χ2v) is 6.41. The van der Waals surface area contributed by atoms with Crippen LogP contribution in [-0.4, -0.2) is 37.7 Å². The van der Waals surface area contributed by atoms with E-state index >= 15 is 0 Å². The largest absolute Gasteiger partial charge is 0.494 e. The smallest absolute Gasteiger partial charge is 0.119 e. The van der Waals surface area contributed by atoms with Crippen LogP contribution in [0.1, 0.15) is 36.8 Å². The topological polar surface area (TPSA) is 38.5 Å². The highest BCUT2D eigenvalue weighted by molar-refractivity contribution is 5.32. The zero-order valence-electron chi connectivity index (χ0n) is 13.6. The lowest BCUT2D eigenvalue weighted by Crippen LogP contribution is -2.37. The summed E-state index contributed by atoms with van der Waals surface area (Å²) in [6.07, 6.45) is 4.95. The maximum absolute atomic E-state index is 5.89. The van der Waals surface area contributed by atoms with Gasteiger partial charge in [-0.1, -0.05) is 6.07 Å². The molecule has 1 aromatic carbocycles. The van der Waals surface area contributed by atoms with E-state index in [1.807, 2.05) is 0 Å². The van der Waals surface area contributed by atoms with Gasteiger partial charge in [-0.2, -0.15) is 0 Å². The van der Waals surface area contributed by atoms with Crippen LogP contribution in [0.5, 0.6) is 5.75 Å². The molecule has 2 rings (SSSR count). The van der Waals surface area contributed by atoms with Gasteiger partial charge in [-0.25, -0.2) is 0 Å². The van der Waals surface area contributed by atoms with Gasteiger partial charge in [-0.3, -0.25) is 0 Å². The summed E-state index contributed by atoms with van der Waals surface area (Å²) in [5.74, 6) is 1.82. The highest BCUT2D eigenvalue weighted by Gasteiger charge is 2.18. The lowest BCUT2D eigenvalue weighted by Gasteiger charge is -2.32. The van der Waals surface area contributed by atoms with E-state index in [4.69, 9.17) is 10.5 Å². The molecule has 0 radical (unpaired) electrons. The van der Waals surface area contributed by atoms with E-state index in [1.54, 1.807) is 0 Å². The maximum atomic E-state index is 5.89. The Bertz CT molecular complexity index is 411. The Kier molecular flexibility index (Phi) is 6.52. The monoisotopic (exact) mass is 290 g/mol. The molecule has 3 nitrogen and oxygen atoms in total. The summed E-state index contributed by atoms with van der Waals surface area (Å²) in [5.41, 5.74) is 8.21.